The van der Waals surface area contributed by atoms with Crippen LogP contribution in [0.5, 0.6) is 0 Å². The monoisotopic (exact) mass is 233 g/mol. The van der Waals surface area contributed by atoms with Gasteiger partial charge in [-0.25, -0.2) is 4.79 Å². The van der Waals surface area contributed by atoms with Gasteiger partial charge in [-0.15, -0.1) is 0 Å². The number of aromatic nitrogens is 1. The Hall–Kier alpha value is -1.81. The molecule has 0 unspecified atom stereocenters. The van der Waals surface area contributed by atoms with E-state index in [0.29, 0.717) is 25.3 Å². The molecule has 1 aromatic heterocycles. The van der Waals surface area contributed by atoms with E-state index >= 15 is 0 Å². The molecule has 0 fully saturated rings. The molecule has 0 aliphatic heterocycles. The quantitative estimate of drug-likeness (QED) is 0.807. The summed E-state index contributed by atoms with van der Waals surface area (Å²) in [7, 11) is 0. The highest BCUT2D eigenvalue weighted by Gasteiger charge is 2.11. The van der Waals surface area contributed by atoms with Crippen molar-refractivity contribution in [1.29, 1.82) is 0 Å². The summed E-state index contributed by atoms with van der Waals surface area (Å²) in [5.41, 5.74) is 1.10. The van der Waals surface area contributed by atoms with Gasteiger partial charge in [-0.2, -0.15) is 0 Å². The van der Waals surface area contributed by atoms with Gasteiger partial charge in [0.2, 0.25) is 0 Å². The zero-order valence-corrected chi connectivity index (χ0v) is 9.72. The van der Waals surface area contributed by atoms with Gasteiger partial charge >= 0.3 is 5.97 Å². The van der Waals surface area contributed by atoms with Crippen LogP contribution in [0.2, 0.25) is 0 Å². The molecule has 4 heteroatoms. The zero-order valence-electron chi connectivity index (χ0n) is 9.72. The van der Waals surface area contributed by atoms with Crippen molar-refractivity contribution in [1.82, 2.24) is 4.57 Å². The third-order valence-corrected chi connectivity index (χ3v) is 2.70. The SMILES string of the molecule is CCOCCn1ccc2cccc(C(=O)O)c21. The number of nitrogens with zero attached hydrogens (tertiary/aromatic N) is 1. The van der Waals surface area contributed by atoms with E-state index in [1.807, 2.05) is 29.8 Å². The first-order chi connectivity index (χ1) is 8.24. The number of carboxylic acid groups (broad SMARTS) is 1. The standard InChI is InChI=1S/C13H15NO3/c1-2-17-9-8-14-7-6-10-4-3-5-11(12(10)14)13(15)16/h3-7H,2,8-9H2,1H3,(H,15,16). The number of carboxylic acids is 1. The Morgan fingerprint density at radius 3 is 2.94 bits per heavy atom. The van der Waals surface area contributed by atoms with E-state index in [1.165, 1.54) is 0 Å². The number of hydrogen-bond acceptors (Lipinski definition) is 2. The van der Waals surface area contributed by atoms with Crippen molar-refractivity contribution in [2.45, 2.75) is 13.5 Å². The van der Waals surface area contributed by atoms with Crippen LogP contribution in [0.1, 0.15) is 17.3 Å². The third kappa shape index (κ3) is 2.31. The summed E-state index contributed by atoms with van der Waals surface area (Å²) in [6.07, 6.45) is 1.90. The average molecular weight is 233 g/mol. The molecule has 0 atom stereocenters. The van der Waals surface area contributed by atoms with E-state index in [-0.39, 0.29) is 0 Å². The Morgan fingerprint density at radius 1 is 1.41 bits per heavy atom. The number of aromatic carboxylic acids is 1. The minimum atomic E-state index is -0.896. The van der Waals surface area contributed by atoms with Gasteiger partial charge in [-0.05, 0) is 19.1 Å². The first-order valence-electron chi connectivity index (χ1n) is 5.63. The Labute approximate surface area is 99.4 Å². The van der Waals surface area contributed by atoms with Crippen molar-refractivity contribution in [2.75, 3.05) is 13.2 Å². The summed E-state index contributed by atoms with van der Waals surface area (Å²) in [5.74, 6) is -0.896. The zero-order chi connectivity index (χ0) is 12.3. The van der Waals surface area contributed by atoms with Gasteiger partial charge in [0.1, 0.15) is 0 Å². The van der Waals surface area contributed by atoms with Crippen LogP contribution >= 0.6 is 0 Å². The summed E-state index contributed by atoms with van der Waals surface area (Å²) in [4.78, 5) is 11.2. The maximum absolute atomic E-state index is 11.2. The van der Waals surface area contributed by atoms with Gasteiger partial charge in [-0.1, -0.05) is 12.1 Å². The normalized spacial score (nSPS) is 10.9. The van der Waals surface area contributed by atoms with Gasteiger partial charge in [0.25, 0.3) is 0 Å². The highest BCUT2D eigenvalue weighted by atomic mass is 16.5. The molecule has 0 radical (unpaired) electrons. The molecule has 2 aromatic rings. The van der Waals surface area contributed by atoms with Gasteiger partial charge < -0.3 is 14.4 Å². The van der Waals surface area contributed by atoms with Crippen LogP contribution in [-0.2, 0) is 11.3 Å². The lowest BCUT2D eigenvalue weighted by atomic mass is 10.1. The Balaban J connectivity index is 2.39. The molecular formula is C13H15NO3. The van der Waals surface area contributed by atoms with Crippen LogP contribution in [0, 0.1) is 0 Å². The summed E-state index contributed by atoms with van der Waals surface area (Å²) < 4.78 is 7.21. The molecule has 90 valence electrons. The first-order valence-corrected chi connectivity index (χ1v) is 5.63. The van der Waals surface area contributed by atoms with Gasteiger partial charge in [0, 0.05) is 24.7 Å². The average Bonchev–Trinajstić information content (AvgIpc) is 2.73. The van der Waals surface area contributed by atoms with Crippen molar-refractivity contribution in [3.8, 4) is 0 Å². The number of hydrogen-bond donors (Lipinski definition) is 1. The fourth-order valence-electron chi connectivity index (χ4n) is 1.93. The van der Waals surface area contributed by atoms with Crippen molar-refractivity contribution < 1.29 is 14.6 Å². The number of rotatable bonds is 5. The fourth-order valence-corrected chi connectivity index (χ4v) is 1.93. The number of carbonyl (C=O) groups is 1. The molecule has 0 aliphatic carbocycles. The second-order valence-corrected chi connectivity index (χ2v) is 3.75. The molecule has 0 saturated heterocycles. The summed E-state index contributed by atoms with van der Waals surface area (Å²) >= 11 is 0. The van der Waals surface area contributed by atoms with Crippen LogP contribution < -0.4 is 0 Å². The van der Waals surface area contributed by atoms with E-state index in [2.05, 4.69) is 0 Å². The molecule has 4 nitrogen and oxygen atoms in total. The minimum absolute atomic E-state index is 0.337. The van der Waals surface area contributed by atoms with E-state index in [9.17, 15) is 4.79 Å². The maximum atomic E-state index is 11.2. The topological polar surface area (TPSA) is 51.5 Å². The molecule has 0 saturated carbocycles. The second kappa shape index (κ2) is 5.01. The molecule has 0 bridgehead atoms. The lowest BCUT2D eigenvalue weighted by Gasteiger charge is -2.07. The van der Waals surface area contributed by atoms with E-state index in [1.54, 1.807) is 12.1 Å². The summed E-state index contributed by atoms with van der Waals surface area (Å²) in [6, 6.07) is 7.23. The van der Waals surface area contributed by atoms with E-state index in [4.69, 9.17) is 9.84 Å². The summed E-state index contributed by atoms with van der Waals surface area (Å²) in [5, 5.41) is 10.1. The molecule has 0 amide bonds. The number of para-hydroxylation sites is 1. The van der Waals surface area contributed by atoms with Crippen molar-refractivity contribution >= 4 is 16.9 Å². The molecule has 1 N–H and O–H groups in total. The first kappa shape index (κ1) is 11.7. The predicted molar refractivity (Wildman–Crippen MR) is 65.4 cm³/mol. The van der Waals surface area contributed by atoms with Gasteiger partial charge in [0.15, 0.2) is 0 Å². The molecule has 1 heterocycles. The molecule has 0 aliphatic rings. The third-order valence-electron chi connectivity index (χ3n) is 2.70. The molecule has 1 aromatic carbocycles. The highest BCUT2D eigenvalue weighted by Crippen LogP contribution is 2.20. The second-order valence-electron chi connectivity index (χ2n) is 3.75. The molecule has 0 spiro atoms. The largest absolute Gasteiger partial charge is 0.478 e. The molecule has 2 rings (SSSR count). The molecule has 17 heavy (non-hydrogen) atoms. The lowest BCUT2D eigenvalue weighted by Crippen LogP contribution is -2.07. The van der Waals surface area contributed by atoms with Crippen LogP contribution in [-0.4, -0.2) is 28.9 Å². The van der Waals surface area contributed by atoms with E-state index < -0.39 is 5.97 Å². The van der Waals surface area contributed by atoms with Crippen LogP contribution in [0.15, 0.2) is 30.5 Å². The van der Waals surface area contributed by atoms with Crippen LogP contribution in [0.25, 0.3) is 10.9 Å². The smallest absolute Gasteiger partial charge is 0.337 e. The molecular weight excluding hydrogens is 218 g/mol. The Bertz CT molecular complexity index is 530. The van der Waals surface area contributed by atoms with Crippen LogP contribution in [0.4, 0.5) is 0 Å². The number of ether oxygens (including phenoxy) is 1. The van der Waals surface area contributed by atoms with E-state index in [0.717, 1.165) is 10.9 Å². The van der Waals surface area contributed by atoms with Crippen molar-refractivity contribution in [2.24, 2.45) is 0 Å². The fraction of sp³-hybridized carbons (Fsp3) is 0.308. The van der Waals surface area contributed by atoms with Gasteiger partial charge in [-0.3, -0.25) is 0 Å². The lowest BCUT2D eigenvalue weighted by molar-refractivity contribution is 0.0698. The maximum Gasteiger partial charge on any atom is 0.337 e. The number of fused-ring (bicyclic) bond motifs is 1. The highest BCUT2D eigenvalue weighted by molar-refractivity contribution is 6.02. The Morgan fingerprint density at radius 2 is 2.24 bits per heavy atom. The number of benzene rings is 1. The van der Waals surface area contributed by atoms with Crippen LogP contribution in [0.3, 0.4) is 0 Å². The minimum Gasteiger partial charge on any atom is -0.478 e. The van der Waals surface area contributed by atoms with Crippen molar-refractivity contribution in [3.63, 3.8) is 0 Å². The van der Waals surface area contributed by atoms with Gasteiger partial charge in [0.05, 0.1) is 17.7 Å². The summed E-state index contributed by atoms with van der Waals surface area (Å²) in [6.45, 7) is 3.87. The predicted octanol–water partition coefficient (Wildman–Crippen LogP) is 2.38. The Kier molecular flexibility index (Phi) is 3.44. The van der Waals surface area contributed by atoms with Crippen molar-refractivity contribution in [3.05, 3.63) is 36.0 Å².